The van der Waals surface area contributed by atoms with Gasteiger partial charge < -0.3 is 9.84 Å². The van der Waals surface area contributed by atoms with Gasteiger partial charge in [0.25, 0.3) is 0 Å². The predicted octanol–water partition coefficient (Wildman–Crippen LogP) is 0.960. The van der Waals surface area contributed by atoms with E-state index in [1.165, 1.54) is 6.92 Å². The topological polar surface area (TPSA) is 46.5 Å². The maximum absolute atomic E-state index is 11.3. The Morgan fingerprint density at radius 3 is 2.69 bits per heavy atom. The first kappa shape index (κ1) is 12.0. The van der Waals surface area contributed by atoms with Crippen LogP contribution in [0.5, 0.6) is 0 Å². The van der Waals surface area contributed by atoms with E-state index in [9.17, 15) is 9.90 Å². The highest BCUT2D eigenvalue weighted by atomic mass is 16.5. The Balaban J connectivity index is 4.05. The number of hydrogen-bond acceptors (Lipinski definition) is 3. The smallest absolute Gasteiger partial charge is 0.312 e. The molecule has 0 aromatic rings. The molecule has 0 heterocycles. The molecule has 74 valence electrons. The Hall–Kier alpha value is -1.01. The number of carbonyl (C=O) groups is 1. The van der Waals surface area contributed by atoms with Crippen molar-refractivity contribution in [3.8, 4) is 12.3 Å². The van der Waals surface area contributed by atoms with Crippen molar-refractivity contribution in [3.63, 3.8) is 0 Å². The molecule has 0 aliphatic carbocycles. The van der Waals surface area contributed by atoms with Gasteiger partial charge in [0.2, 0.25) is 0 Å². The van der Waals surface area contributed by atoms with Gasteiger partial charge in [-0.25, -0.2) is 0 Å². The Kier molecular flexibility index (Phi) is 5.99. The normalized spacial score (nSPS) is 14.3. The summed E-state index contributed by atoms with van der Waals surface area (Å²) in [5.41, 5.74) is 0. The van der Waals surface area contributed by atoms with Crippen LogP contribution >= 0.6 is 0 Å². The van der Waals surface area contributed by atoms with E-state index in [4.69, 9.17) is 11.2 Å². The summed E-state index contributed by atoms with van der Waals surface area (Å²) in [4.78, 5) is 11.3. The van der Waals surface area contributed by atoms with Crippen molar-refractivity contribution >= 4 is 5.97 Å². The van der Waals surface area contributed by atoms with Crippen LogP contribution in [-0.4, -0.2) is 23.8 Å². The Bertz CT molecular complexity index is 191. The first-order chi connectivity index (χ1) is 6.13. The highest BCUT2D eigenvalue weighted by molar-refractivity contribution is 5.73. The lowest BCUT2D eigenvalue weighted by molar-refractivity contribution is -0.151. The minimum absolute atomic E-state index is 0.222. The van der Waals surface area contributed by atoms with Gasteiger partial charge in [-0.3, -0.25) is 4.79 Å². The van der Waals surface area contributed by atoms with Crippen LogP contribution in [0.4, 0.5) is 0 Å². The average Bonchev–Trinajstić information content (AvgIpc) is 2.09. The van der Waals surface area contributed by atoms with E-state index in [0.717, 1.165) is 6.42 Å². The maximum Gasteiger partial charge on any atom is 0.312 e. The van der Waals surface area contributed by atoms with Gasteiger partial charge in [-0.2, -0.15) is 0 Å². The van der Waals surface area contributed by atoms with Crippen molar-refractivity contribution < 1.29 is 14.6 Å². The highest BCUT2D eigenvalue weighted by Crippen LogP contribution is 2.10. The van der Waals surface area contributed by atoms with Crippen LogP contribution < -0.4 is 0 Å². The molecule has 0 saturated heterocycles. The second-order valence-corrected chi connectivity index (χ2v) is 2.92. The largest absolute Gasteiger partial charge is 0.465 e. The molecule has 0 fully saturated rings. The lowest BCUT2D eigenvalue weighted by atomic mass is 10.0. The lowest BCUT2D eigenvalue weighted by Crippen LogP contribution is -2.27. The van der Waals surface area contributed by atoms with Gasteiger partial charge in [0, 0.05) is 6.42 Å². The summed E-state index contributed by atoms with van der Waals surface area (Å²) in [6.45, 7) is 3.83. The third-order valence-corrected chi connectivity index (χ3v) is 1.67. The van der Waals surface area contributed by atoms with Crippen molar-refractivity contribution in [2.75, 3.05) is 6.61 Å². The lowest BCUT2D eigenvalue weighted by Gasteiger charge is -2.15. The molecule has 0 spiro atoms. The van der Waals surface area contributed by atoms with Gasteiger partial charge in [0.1, 0.15) is 0 Å². The van der Waals surface area contributed by atoms with Crippen molar-refractivity contribution in [2.24, 2.45) is 5.92 Å². The summed E-state index contributed by atoms with van der Waals surface area (Å²) in [5.74, 6) is 1.35. The SMILES string of the molecule is C#CC[C@H](C(=O)OCCC)[C@H](C)O. The van der Waals surface area contributed by atoms with Crippen molar-refractivity contribution in [3.05, 3.63) is 0 Å². The van der Waals surface area contributed by atoms with E-state index >= 15 is 0 Å². The zero-order chi connectivity index (χ0) is 10.3. The number of ether oxygens (including phenoxy) is 1. The number of carbonyl (C=O) groups excluding carboxylic acids is 1. The second-order valence-electron chi connectivity index (χ2n) is 2.92. The van der Waals surface area contributed by atoms with Gasteiger partial charge in [-0.1, -0.05) is 6.92 Å². The zero-order valence-corrected chi connectivity index (χ0v) is 8.12. The summed E-state index contributed by atoms with van der Waals surface area (Å²) in [5, 5.41) is 9.22. The molecule has 0 radical (unpaired) electrons. The van der Waals surface area contributed by atoms with Crippen LogP contribution in [-0.2, 0) is 9.53 Å². The van der Waals surface area contributed by atoms with Gasteiger partial charge in [-0.15, -0.1) is 12.3 Å². The van der Waals surface area contributed by atoms with E-state index in [1.54, 1.807) is 0 Å². The first-order valence-electron chi connectivity index (χ1n) is 4.41. The molecule has 13 heavy (non-hydrogen) atoms. The van der Waals surface area contributed by atoms with E-state index in [-0.39, 0.29) is 6.42 Å². The summed E-state index contributed by atoms with van der Waals surface area (Å²) in [6, 6.07) is 0. The minimum atomic E-state index is -0.750. The number of rotatable bonds is 5. The third-order valence-electron chi connectivity index (χ3n) is 1.67. The van der Waals surface area contributed by atoms with Crippen LogP contribution in [0.2, 0.25) is 0 Å². The molecule has 0 rings (SSSR count). The quantitative estimate of drug-likeness (QED) is 0.511. The number of hydrogen-bond donors (Lipinski definition) is 1. The van der Waals surface area contributed by atoms with Crippen LogP contribution in [0, 0.1) is 18.3 Å². The monoisotopic (exact) mass is 184 g/mol. The second kappa shape index (κ2) is 6.50. The van der Waals surface area contributed by atoms with Crippen molar-refractivity contribution in [1.29, 1.82) is 0 Å². The van der Waals surface area contributed by atoms with E-state index in [1.807, 2.05) is 6.92 Å². The van der Waals surface area contributed by atoms with Gasteiger partial charge in [0.05, 0.1) is 18.6 Å². The number of terminal acetylenes is 1. The molecule has 2 atom stereocenters. The minimum Gasteiger partial charge on any atom is -0.465 e. The number of aliphatic hydroxyl groups is 1. The zero-order valence-electron chi connectivity index (χ0n) is 8.12. The molecule has 0 aliphatic rings. The average molecular weight is 184 g/mol. The summed E-state index contributed by atoms with van der Waals surface area (Å²) < 4.78 is 4.87. The number of aliphatic hydroxyl groups excluding tert-OH is 1. The Morgan fingerprint density at radius 1 is 1.69 bits per heavy atom. The van der Waals surface area contributed by atoms with Crippen molar-refractivity contribution in [2.45, 2.75) is 32.8 Å². The van der Waals surface area contributed by atoms with Crippen LogP contribution in [0.15, 0.2) is 0 Å². The highest BCUT2D eigenvalue weighted by Gasteiger charge is 2.23. The summed E-state index contributed by atoms with van der Waals surface area (Å²) in [7, 11) is 0. The molecule has 0 unspecified atom stereocenters. The molecular weight excluding hydrogens is 168 g/mol. The van der Waals surface area contributed by atoms with Crippen molar-refractivity contribution in [1.82, 2.24) is 0 Å². The molecule has 0 aromatic heterocycles. The molecule has 0 aliphatic heterocycles. The molecule has 0 aromatic carbocycles. The van der Waals surface area contributed by atoms with Gasteiger partial charge >= 0.3 is 5.97 Å². The molecular formula is C10H16O3. The molecule has 0 amide bonds. The molecule has 3 heteroatoms. The fourth-order valence-corrected chi connectivity index (χ4v) is 0.887. The number of esters is 1. The third kappa shape index (κ3) is 4.54. The molecule has 0 bridgehead atoms. The molecule has 1 N–H and O–H groups in total. The summed E-state index contributed by atoms with van der Waals surface area (Å²) >= 11 is 0. The fraction of sp³-hybridized carbons (Fsp3) is 0.700. The fourth-order valence-electron chi connectivity index (χ4n) is 0.887. The summed E-state index contributed by atoms with van der Waals surface area (Å²) in [6.07, 6.45) is 5.31. The van der Waals surface area contributed by atoms with Crippen LogP contribution in [0.1, 0.15) is 26.7 Å². The Morgan fingerprint density at radius 2 is 2.31 bits per heavy atom. The Labute approximate surface area is 79.1 Å². The van der Waals surface area contributed by atoms with E-state index in [0.29, 0.717) is 6.61 Å². The van der Waals surface area contributed by atoms with E-state index in [2.05, 4.69) is 5.92 Å². The standard InChI is InChI=1S/C10H16O3/c1-4-6-9(8(3)11)10(12)13-7-5-2/h1,8-9,11H,5-7H2,2-3H3/t8-,9-/m0/s1. The molecule has 3 nitrogen and oxygen atoms in total. The van der Waals surface area contributed by atoms with E-state index < -0.39 is 18.0 Å². The first-order valence-corrected chi connectivity index (χ1v) is 4.41. The van der Waals surface area contributed by atoms with Gasteiger partial charge in [-0.05, 0) is 13.3 Å². The van der Waals surface area contributed by atoms with Gasteiger partial charge in [0.15, 0.2) is 0 Å². The van der Waals surface area contributed by atoms with Crippen LogP contribution in [0.25, 0.3) is 0 Å². The molecule has 0 saturated carbocycles. The predicted molar refractivity (Wildman–Crippen MR) is 49.9 cm³/mol. The maximum atomic E-state index is 11.3. The van der Waals surface area contributed by atoms with Crippen LogP contribution in [0.3, 0.4) is 0 Å².